The van der Waals surface area contributed by atoms with Gasteiger partial charge in [0, 0.05) is 0 Å². The Morgan fingerprint density at radius 1 is 1.14 bits per heavy atom. The Hall–Kier alpha value is -0.0800. The van der Waals surface area contributed by atoms with E-state index in [1.807, 2.05) is 0 Å². The molecule has 0 radical (unpaired) electrons. The first-order valence-corrected chi connectivity index (χ1v) is 9.29. The molecule has 5 unspecified atom stereocenters. The lowest BCUT2D eigenvalue weighted by Crippen LogP contribution is -2.41. The smallest absolute Gasteiger partial charge is 0.0621 e. The van der Waals surface area contributed by atoms with Crippen LogP contribution in [0.2, 0.25) is 0 Å². The maximum Gasteiger partial charge on any atom is 0.0621 e. The van der Waals surface area contributed by atoms with Gasteiger partial charge in [-0.25, -0.2) is 0 Å². The molecular formula is C19H37NO. The zero-order valence-corrected chi connectivity index (χ0v) is 14.7. The van der Waals surface area contributed by atoms with E-state index in [-0.39, 0.29) is 0 Å². The number of hydrogen-bond acceptors (Lipinski definition) is 2. The van der Waals surface area contributed by atoms with Crippen LogP contribution in [0.15, 0.2) is 0 Å². The van der Waals surface area contributed by atoms with E-state index in [1.165, 1.54) is 51.4 Å². The van der Waals surface area contributed by atoms with Crippen molar-refractivity contribution in [1.29, 1.82) is 0 Å². The highest BCUT2D eigenvalue weighted by Crippen LogP contribution is 2.42. The molecule has 0 aromatic rings. The zero-order valence-electron chi connectivity index (χ0n) is 14.7. The van der Waals surface area contributed by atoms with Gasteiger partial charge in [-0.15, -0.1) is 0 Å². The van der Waals surface area contributed by atoms with Crippen molar-refractivity contribution in [2.75, 3.05) is 6.54 Å². The van der Waals surface area contributed by atoms with E-state index in [0.29, 0.717) is 23.5 Å². The lowest BCUT2D eigenvalue weighted by molar-refractivity contribution is -0.104. The van der Waals surface area contributed by atoms with Gasteiger partial charge in [0.05, 0.1) is 12.2 Å². The molecule has 2 aliphatic carbocycles. The number of rotatable bonds is 5. The fourth-order valence-corrected chi connectivity index (χ4v) is 4.99. The topological polar surface area (TPSA) is 35.2 Å². The van der Waals surface area contributed by atoms with E-state index in [1.54, 1.807) is 0 Å². The van der Waals surface area contributed by atoms with Crippen LogP contribution in [-0.2, 0) is 4.74 Å². The van der Waals surface area contributed by atoms with Crippen LogP contribution in [-0.4, -0.2) is 18.8 Å². The highest BCUT2D eigenvalue weighted by atomic mass is 16.5. The number of nitrogens with two attached hydrogens (primary N) is 1. The first kappa shape index (κ1) is 17.3. The molecule has 5 atom stereocenters. The third-order valence-corrected chi connectivity index (χ3v) is 5.75. The first-order chi connectivity index (χ1) is 9.93. The second kappa shape index (κ2) is 7.46. The van der Waals surface area contributed by atoms with Crippen LogP contribution in [0.4, 0.5) is 0 Å². The summed E-state index contributed by atoms with van der Waals surface area (Å²) in [5.74, 6) is 2.26. The summed E-state index contributed by atoms with van der Waals surface area (Å²) in [6.45, 7) is 10.3. The van der Waals surface area contributed by atoms with Crippen molar-refractivity contribution in [3.63, 3.8) is 0 Å². The van der Waals surface area contributed by atoms with Gasteiger partial charge < -0.3 is 10.5 Å². The van der Waals surface area contributed by atoms with Crippen molar-refractivity contribution in [2.24, 2.45) is 28.9 Å². The standard InChI is InChI=1S/C19H37NO/c1-5-6-15-7-8-16(13-20)18(10-15)21-17-9-14(2)11-19(3,4)12-17/h14-18H,5-13,20H2,1-4H3. The molecule has 21 heavy (non-hydrogen) atoms. The number of hydrogen-bond donors (Lipinski definition) is 1. The third-order valence-electron chi connectivity index (χ3n) is 5.75. The summed E-state index contributed by atoms with van der Waals surface area (Å²) in [7, 11) is 0. The van der Waals surface area contributed by atoms with Crippen molar-refractivity contribution in [3.05, 3.63) is 0 Å². The average Bonchev–Trinajstić information content (AvgIpc) is 2.37. The summed E-state index contributed by atoms with van der Waals surface area (Å²) < 4.78 is 6.64. The molecule has 2 nitrogen and oxygen atoms in total. The Morgan fingerprint density at radius 2 is 1.90 bits per heavy atom. The van der Waals surface area contributed by atoms with E-state index < -0.39 is 0 Å². The van der Waals surface area contributed by atoms with E-state index >= 15 is 0 Å². The van der Waals surface area contributed by atoms with Gasteiger partial charge in [-0.1, -0.05) is 40.5 Å². The SMILES string of the molecule is CCCC1CCC(CN)C(OC2CC(C)CC(C)(C)C2)C1. The Labute approximate surface area is 132 Å². The molecule has 2 saturated carbocycles. The van der Waals surface area contributed by atoms with Crippen LogP contribution >= 0.6 is 0 Å². The average molecular weight is 296 g/mol. The van der Waals surface area contributed by atoms with Crippen LogP contribution < -0.4 is 5.73 Å². The number of ether oxygens (including phenoxy) is 1. The van der Waals surface area contributed by atoms with Crippen molar-refractivity contribution in [2.45, 2.75) is 91.3 Å². The largest absolute Gasteiger partial charge is 0.375 e. The highest BCUT2D eigenvalue weighted by molar-refractivity contribution is 4.87. The summed E-state index contributed by atoms with van der Waals surface area (Å²) in [4.78, 5) is 0. The van der Waals surface area contributed by atoms with Crippen LogP contribution in [0.25, 0.3) is 0 Å². The molecule has 2 fully saturated rings. The van der Waals surface area contributed by atoms with Crippen LogP contribution in [0, 0.1) is 23.2 Å². The Bertz CT molecular complexity index is 315. The van der Waals surface area contributed by atoms with Crippen molar-refractivity contribution >= 4 is 0 Å². The quantitative estimate of drug-likeness (QED) is 0.793. The van der Waals surface area contributed by atoms with Gasteiger partial charge in [-0.05, 0) is 68.2 Å². The molecule has 0 heterocycles. The van der Waals surface area contributed by atoms with Gasteiger partial charge >= 0.3 is 0 Å². The molecule has 124 valence electrons. The molecule has 0 saturated heterocycles. The minimum atomic E-state index is 0.423. The second-order valence-corrected chi connectivity index (χ2v) is 8.67. The van der Waals surface area contributed by atoms with Gasteiger partial charge in [-0.2, -0.15) is 0 Å². The lowest BCUT2D eigenvalue weighted by atomic mass is 9.71. The van der Waals surface area contributed by atoms with Crippen LogP contribution in [0.3, 0.4) is 0 Å². The monoisotopic (exact) mass is 295 g/mol. The minimum absolute atomic E-state index is 0.423. The molecule has 0 amide bonds. The molecular weight excluding hydrogens is 258 g/mol. The molecule has 0 spiro atoms. The summed E-state index contributed by atoms with van der Waals surface area (Å²) in [6, 6.07) is 0. The molecule has 2 N–H and O–H groups in total. The van der Waals surface area contributed by atoms with Crippen LogP contribution in [0.1, 0.15) is 79.1 Å². The van der Waals surface area contributed by atoms with Crippen molar-refractivity contribution in [1.82, 2.24) is 0 Å². The molecule has 0 bridgehead atoms. The Morgan fingerprint density at radius 3 is 2.52 bits per heavy atom. The fraction of sp³-hybridized carbons (Fsp3) is 1.00. The normalized spacial score (nSPS) is 40.1. The van der Waals surface area contributed by atoms with E-state index in [4.69, 9.17) is 10.5 Å². The van der Waals surface area contributed by atoms with Crippen molar-refractivity contribution < 1.29 is 4.74 Å². The molecule has 0 aliphatic heterocycles. The summed E-state index contributed by atoms with van der Waals surface area (Å²) in [6.07, 6.45) is 11.3. The van der Waals surface area contributed by atoms with Gasteiger partial charge in [0.1, 0.15) is 0 Å². The van der Waals surface area contributed by atoms with E-state index in [9.17, 15) is 0 Å². The molecule has 2 heteroatoms. The van der Waals surface area contributed by atoms with E-state index in [0.717, 1.165) is 18.4 Å². The van der Waals surface area contributed by atoms with Gasteiger partial charge in [0.25, 0.3) is 0 Å². The lowest BCUT2D eigenvalue weighted by Gasteiger charge is -2.43. The molecule has 2 aliphatic rings. The fourth-order valence-electron chi connectivity index (χ4n) is 4.99. The third kappa shape index (κ3) is 4.96. The Kier molecular flexibility index (Phi) is 6.14. The predicted molar refractivity (Wildman–Crippen MR) is 90.3 cm³/mol. The maximum absolute atomic E-state index is 6.64. The van der Waals surface area contributed by atoms with E-state index in [2.05, 4.69) is 27.7 Å². The van der Waals surface area contributed by atoms with Gasteiger partial charge in [0.15, 0.2) is 0 Å². The van der Waals surface area contributed by atoms with Crippen LogP contribution in [0.5, 0.6) is 0 Å². The first-order valence-electron chi connectivity index (χ1n) is 9.29. The van der Waals surface area contributed by atoms with Crippen molar-refractivity contribution in [3.8, 4) is 0 Å². The summed E-state index contributed by atoms with van der Waals surface area (Å²) in [5.41, 5.74) is 6.46. The second-order valence-electron chi connectivity index (χ2n) is 8.67. The summed E-state index contributed by atoms with van der Waals surface area (Å²) >= 11 is 0. The summed E-state index contributed by atoms with van der Waals surface area (Å²) in [5, 5.41) is 0. The zero-order chi connectivity index (χ0) is 15.5. The predicted octanol–water partition coefficient (Wildman–Crippen LogP) is 4.76. The maximum atomic E-state index is 6.64. The molecule has 0 aromatic carbocycles. The minimum Gasteiger partial charge on any atom is -0.375 e. The molecule has 2 rings (SSSR count). The highest BCUT2D eigenvalue weighted by Gasteiger charge is 2.37. The van der Waals surface area contributed by atoms with Gasteiger partial charge in [-0.3, -0.25) is 0 Å². The Balaban J connectivity index is 1.94. The van der Waals surface area contributed by atoms with Gasteiger partial charge in [0.2, 0.25) is 0 Å². The molecule has 0 aromatic heterocycles.